The van der Waals surface area contributed by atoms with E-state index >= 15 is 0 Å². The summed E-state index contributed by atoms with van der Waals surface area (Å²) in [6, 6.07) is 46.3. The van der Waals surface area contributed by atoms with Gasteiger partial charge in [0.2, 0.25) is 0 Å². The van der Waals surface area contributed by atoms with E-state index in [1.54, 1.807) is 0 Å². The zero-order chi connectivity index (χ0) is 38.1. The second-order valence-corrected chi connectivity index (χ2v) is 18.7. The second kappa shape index (κ2) is 10.6. The maximum absolute atomic E-state index is 7.37. The topological polar surface area (TPSA) is 36.5 Å². The predicted octanol–water partition coefficient (Wildman–Crippen LogP) is 12.2. The molecule has 3 aromatic heterocycles. The molecule has 0 bridgehead atoms. The quantitative estimate of drug-likeness (QED) is 0.157. The van der Waals surface area contributed by atoms with E-state index in [0.717, 1.165) is 67.1 Å². The SMILES string of the molecule is CC(C)(C)c1ccc2sc3c(c2c1)Oc1cccc2c1B3c1cc3c(c(-n4c5ccccc5c5c6c(ccc54)oc4ccccc46)c1O2)-c1ccccc1C3(C)C. The van der Waals surface area contributed by atoms with Crippen LogP contribution in [0.4, 0.5) is 0 Å². The first kappa shape index (κ1) is 31.9. The summed E-state index contributed by atoms with van der Waals surface area (Å²) in [7, 11) is 0. The number of para-hydroxylation sites is 2. The molecule has 13 rings (SSSR count). The van der Waals surface area contributed by atoms with Crippen molar-refractivity contribution >= 4 is 87.6 Å². The normalized spacial score (nSPS) is 14.8. The molecule has 2 aliphatic heterocycles. The molecule has 0 amide bonds. The lowest BCUT2D eigenvalue weighted by molar-refractivity contribution is 0.466. The van der Waals surface area contributed by atoms with E-state index < -0.39 is 0 Å². The number of nitrogens with zero attached hydrogens (tertiary/aromatic N) is 1. The molecule has 0 saturated heterocycles. The van der Waals surface area contributed by atoms with Gasteiger partial charge in [0, 0.05) is 52.8 Å². The van der Waals surface area contributed by atoms with Crippen LogP contribution < -0.4 is 25.2 Å². The number of hydrogen-bond acceptors (Lipinski definition) is 4. The van der Waals surface area contributed by atoms with E-state index in [4.69, 9.17) is 13.9 Å². The predicted molar refractivity (Wildman–Crippen MR) is 237 cm³/mol. The first-order valence-electron chi connectivity index (χ1n) is 19.9. The Balaban J connectivity index is 1.20. The Bertz CT molecular complexity index is 3450. The Hall–Kier alpha value is -6.24. The molecule has 6 heteroatoms. The van der Waals surface area contributed by atoms with Crippen LogP contribution in [0.1, 0.15) is 51.3 Å². The molecule has 272 valence electrons. The van der Waals surface area contributed by atoms with Crippen molar-refractivity contribution in [1.29, 1.82) is 0 Å². The lowest BCUT2D eigenvalue weighted by atomic mass is 9.37. The fourth-order valence-corrected chi connectivity index (χ4v) is 11.6. The third kappa shape index (κ3) is 3.99. The number of ether oxygens (including phenoxy) is 2. The molecule has 0 radical (unpaired) electrons. The van der Waals surface area contributed by atoms with Gasteiger partial charge < -0.3 is 18.5 Å². The molecular weight excluding hydrogens is 717 g/mol. The molecule has 0 atom stereocenters. The molecule has 57 heavy (non-hydrogen) atoms. The molecule has 0 N–H and O–H groups in total. The van der Waals surface area contributed by atoms with Gasteiger partial charge in [-0.05, 0) is 81.7 Å². The van der Waals surface area contributed by atoms with E-state index in [1.807, 2.05) is 17.4 Å². The van der Waals surface area contributed by atoms with Crippen LogP contribution in [0.5, 0.6) is 23.0 Å². The molecule has 5 heterocycles. The maximum atomic E-state index is 7.37. The zero-order valence-electron chi connectivity index (χ0n) is 32.3. The highest BCUT2D eigenvalue weighted by atomic mass is 32.1. The fourth-order valence-electron chi connectivity index (χ4n) is 10.4. The van der Waals surface area contributed by atoms with Crippen molar-refractivity contribution in [2.24, 2.45) is 0 Å². The summed E-state index contributed by atoms with van der Waals surface area (Å²) >= 11 is 1.86. The minimum Gasteiger partial charge on any atom is -0.457 e. The van der Waals surface area contributed by atoms with Gasteiger partial charge in [0.1, 0.15) is 34.2 Å². The number of rotatable bonds is 1. The van der Waals surface area contributed by atoms with Crippen LogP contribution in [0.2, 0.25) is 0 Å². The number of fused-ring (bicyclic) bond motifs is 16. The third-order valence-corrected chi connectivity index (χ3v) is 14.3. The Labute approximate surface area is 334 Å². The molecule has 0 spiro atoms. The van der Waals surface area contributed by atoms with Gasteiger partial charge in [0.25, 0.3) is 6.71 Å². The number of hydrogen-bond donors (Lipinski definition) is 0. The highest BCUT2D eigenvalue weighted by Crippen LogP contribution is 2.55. The lowest BCUT2D eigenvalue weighted by Gasteiger charge is -2.34. The summed E-state index contributed by atoms with van der Waals surface area (Å²) < 4.78 is 25.8. The second-order valence-electron chi connectivity index (χ2n) is 17.6. The van der Waals surface area contributed by atoms with Gasteiger partial charge in [-0.3, -0.25) is 0 Å². The molecule has 10 aromatic rings. The summed E-state index contributed by atoms with van der Waals surface area (Å²) in [6.07, 6.45) is 0. The average molecular weight is 754 g/mol. The van der Waals surface area contributed by atoms with Crippen molar-refractivity contribution in [2.45, 2.75) is 45.4 Å². The molecule has 0 saturated carbocycles. The van der Waals surface area contributed by atoms with Crippen molar-refractivity contribution in [3.8, 4) is 39.8 Å². The lowest BCUT2D eigenvalue weighted by Crippen LogP contribution is -2.56. The van der Waals surface area contributed by atoms with Crippen molar-refractivity contribution < 1.29 is 13.9 Å². The molecule has 0 unspecified atom stereocenters. The first-order valence-corrected chi connectivity index (χ1v) is 20.7. The number of furan rings is 1. The highest BCUT2D eigenvalue weighted by Gasteiger charge is 2.47. The Morgan fingerprint density at radius 2 is 1.39 bits per heavy atom. The molecule has 4 nitrogen and oxygen atoms in total. The van der Waals surface area contributed by atoms with E-state index in [0.29, 0.717) is 0 Å². The number of aromatic nitrogens is 1. The van der Waals surface area contributed by atoms with Crippen LogP contribution in [0.15, 0.2) is 132 Å². The Morgan fingerprint density at radius 3 is 2.23 bits per heavy atom. The zero-order valence-corrected chi connectivity index (χ0v) is 33.1. The molecular formula is C51H36BNO3S. The first-order chi connectivity index (χ1) is 27.7. The standard InChI is InChI=1S/C51H36BNO3S/c1-50(2,3)27-21-24-41-31(25-27)47-49(57-41)52-34-26-33-42(28-13-6-9-16-32(28)51(33,4)5)46(48(34)56-40-20-12-19-39(55-47)45(40)52)53-35-17-10-7-14-29(35)43-36(53)22-23-38-44(43)30-15-8-11-18-37(30)54-38/h6-26H,1-5H3. The monoisotopic (exact) mass is 753 g/mol. The summed E-state index contributed by atoms with van der Waals surface area (Å²) in [5, 5.41) is 5.83. The smallest absolute Gasteiger partial charge is 0.273 e. The van der Waals surface area contributed by atoms with Gasteiger partial charge in [0.05, 0.1) is 16.7 Å². The fraction of sp³-hybridized carbons (Fsp3) is 0.137. The van der Waals surface area contributed by atoms with Gasteiger partial charge >= 0.3 is 0 Å². The average Bonchev–Trinajstić information content (AvgIpc) is 3.93. The van der Waals surface area contributed by atoms with Crippen LogP contribution in [-0.2, 0) is 10.8 Å². The summed E-state index contributed by atoms with van der Waals surface area (Å²) in [4.78, 5) is 0. The summed E-state index contributed by atoms with van der Waals surface area (Å²) in [5.74, 6) is 3.59. The molecule has 0 fully saturated rings. The van der Waals surface area contributed by atoms with Gasteiger partial charge in [-0.2, -0.15) is 0 Å². The maximum Gasteiger partial charge on any atom is 0.273 e. The summed E-state index contributed by atoms with van der Waals surface area (Å²) in [5.41, 5.74) is 13.6. The highest BCUT2D eigenvalue weighted by molar-refractivity contribution is 7.33. The number of thiophene rings is 1. The van der Waals surface area contributed by atoms with Crippen molar-refractivity contribution in [3.63, 3.8) is 0 Å². The van der Waals surface area contributed by atoms with E-state index in [9.17, 15) is 0 Å². The van der Waals surface area contributed by atoms with Gasteiger partial charge in [-0.25, -0.2) is 0 Å². The van der Waals surface area contributed by atoms with Crippen LogP contribution in [0, 0.1) is 0 Å². The Morgan fingerprint density at radius 1 is 0.632 bits per heavy atom. The number of benzene rings is 7. The minimum absolute atomic E-state index is 0.0146. The summed E-state index contributed by atoms with van der Waals surface area (Å²) in [6.45, 7) is 11.5. The van der Waals surface area contributed by atoms with Crippen LogP contribution >= 0.6 is 11.3 Å². The molecule has 3 aliphatic rings. The molecule has 7 aromatic carbocycles. The van der Waals surface area contributed by atoms with Gasteiger partial charge in [0.15, 0.2) is 0 Å². The van der Waals surface area contributed by atoms with Gasteiger partial charge in [-0.15, -0.1) is 11.3 Å². The largest absolute Gasteiger partial charge is 0.457 e. The third-order valence-electron chi connectivity index (χ3n) is 13.1. The van der Waals surface area contributed by atoms with Crippen molar-refractivity contribution in [2.75, 3.05) is 0 Å². The minimum atomic E-state index is -0.252. The van der Waals surface area contributed by atoms with Crippen LogP contribution in [-0.4, -0.2) is 11.3 Å². The van der Waals surface area contributed by atoms with Crippen LogP contribution in [0.25, 0.3) is 70.6 Å². The van der Waals surface area contributed by atoms with E-state index in [1.165, 1.54) is 58.9 Å². The van der Waals surface area contributed by atoms with E-state index in [-0.39, 0.29) is 17.5 Å². The Kier molecular flexibility index (Phi) is 5.92. The van der Waals surface area contributed by atoms with Crippen molar-refractivity contribution in [1.82, 2.24) is 4.57 Å². The van der Waals surface area contributed by atoms with Gasteiger partial charge in [-0.1, -0.05) is 113 Å². The van der Waals surface area contributed by atoms with Crippen molar-refractivity contribution in [3.05, 3.63) is 144 Å². The van der Waals surface area contributed by atoms with Crippen LogP contribution in [0.3, 0.4) is 0 Å². The van der Waals surface area contributed by atoms with E-state index in [2.05, 4.69) is 161 Å². The molecule has 1 aliphatic carbocycles.